The minimum Gasteiger partial charge on any atom is -0.357 e. The Kier molecular flexibility index (Phi) is 7.94. The number of aromatic nitrogens is 2. The zero-order valence-electron chi connectivity index (χ0n) is 19.3. The van der Waals surface area contributed by atoms with Gasteiger partial charge in [-0.25, -0.2) is 4.98 Å². The zero-order valence-corrected chi connectivity index (χ0v) is 19.3. The molecule has 0 aliphatic carbocycles. The van der Waals surface area contributed by atoms with Crippen molar-refractivity contribution in [2.75, 3.05) is 18.0 Å². The van der Waals surface area contributed by atoms with Crippen molar-refractivity contribution in [1.82, 2.24) is 9.97 Å². The number of piperidine rings is 1. The largest absolute Gasteiger partial charge is 0.357 e. The van der Waals surface area contributed by atoms with Gasteiger partial charge in [0.15, 0.2) is 5.78 Å². The topological polar surface area (TPSA) is 63.2 Å². The molecule has 0 N–H and O–H groups in total. The van der Waals surface area contributed by atoms with Crippen LogP contribution >= 0.6 is 0 Å². The molecule has 1 aliphatic heterocycles. The average molecular weight is 422 g/mol. The number of hydrogen-bond acceptors (Lipinski definition) is 5. The number of anilines is 1. The van der Waals surface area contributed by atoms with Crippen molar-refractivity contribution < 1.29 is 9.59 Å². The number of nitrogens with zero attached hydrogens (tertiary/aromatic N) is 3. The molecular weight excluding hydrogens is 386 g/mol. The first kappa shape index (κ1) is 23.1. The van der Waals surface area contributed by atoms with Gasteiger partial charge >= 0.3 is 0 Å². The average Bonchev–Trinajstić information content (AvgIpc) is 2.78. The van der Waals surface area contributed by atoms with Gasteiger partial charge in [0.25, 0.3) is 0 Å². The fraction of sp³-hybridized carbons (Fsp3) is 0.538. The van der Waals surface area contributed by atoms with Crippen molar-refractivity contribution in [3.8, 4) is 0 Å². The van der Waals surface area contributed by atoms with Crippen LogP contribution in [-0.4, -0.2) is 34.6 Å². The Labute approximate surface area is 186 Å². The molecule has 31 heavy (non-hydrogen) atoms. The monoisotopic (exact) mass is 421 g/mol. The number of rotatable bonds is 9. The maximum absolute atomic E-state index is 12.5. The Hall–Kier alpha value is -2.56. The van der Waals surface area contributed by atoms with E-state index in [1.54, 1.807) is 0 Å². The molecule has 2 aromatic heterocycles. The van der Waals surface area contributed by atoms with Gasteiger partial charge < -0.3 is 4.90 Å². The summed E-state index contributed by atoms with van der Waals surface area (Å²) in [4.78, 5) is 35.7. The van der Waals surface area contributed by atoms with Gasteiger partial charge in [-0.1, -0.05) is 39.8 Å². The molecule has 166 valence electrons. The van der Waals surface area contributed by atoms with Crippen LogP contribution in [0.15, 0.2) is 36.7 Å². The lowest BCUT2D eigenvalue weighted by Gasteiger charge is -2.32. The minimum absolute atomic E-state index is 0.0563. The van der Waals surface area contributed by atoms with Gasteiger partial charge in [-0.15, -0.1) is 0 Å². The van der Waals surface area contributed by atoms with Crippen molar-refractivity contribution >= 4 is 17.4 Å². The number of ketones is 2. The van der Waals surface area contributed by atoms with Crippen LogP contribution in [0.2, 0.25) is 0 Å². The number of carbonyl (C=O) groups is 2. The molecule has 1 aliphatic rings. The van der Waals surface area contributed by atoms with E-state index in [1.807, 2.05) is 50.5 Å². The van der Waals surface area contributed by atoms with E-state index in [0.29, 0.717) is 30.4 Å². The summed E-state index contributed by atoms with van der Waals surface area (Å²) < 4.78 is 0. The second kappa shape index (κ2) is 10.7. The molecule has 1 fully saturated rings. The number of carbonyl (C=O) groups excluding carboxylic acids is 2. The molecule has 3 rings (SSSR count). The summed E-state index contributed by atoms with van der Waals surface area (Å²) in [6.45, 7) is 10.0. The van der Waals surface area contributed by atoms with Crippen LogP contribution in [0.3, 0.4) is 0 Å². The molecule has 2 aromatic rings. The summed E-state index contributed by atoms with van der Waals surface area (Å²) >= 11 is 0. The van der Waals surface area contributed by atoms with E-state index in [9.17, 15) is 9.59 Å². The van der Waals surface area contributed by atoms with Crippen LogP contribution in [0.5, 0.6) is 0 Å². The van der Waals surface area contributed by atoms with Gasteiger partial charge in [-0.05, 0) is 54.4 Å². The third-order valence-corrected chi connectivity index (χ3v) is 6.29. The fourth-order valence-electron chi connectivity index (χ4n) is 3.94. The van der Waals surface area contributed by atoms with Crippen LogP contribution in [0.4, 0.5) is 5.82 Å². The molecule has 0 unspecified atom stereocenters. The van der Waals surface area contributed by atoms with Gasteiger partial charge in [-0.3, -0.25) is 14.6 Å². The highest BCUT2D eigenvalue weighted by atomic mass is 16.1. The van der Waals surface area contributed by atoms with Crippen LogP contribution in [0.1, 0.15) is 80.9 Å². The maximum Gasteiger partial charge on any atom is 0.181 e. The molecule has 0 aromatic carbocycles. The molecule has 5 nitrogen and oxygen atoms in total. The van der Waals surface area contributed by atoms with Gasteiger partial charge in [0, 0.05) is 44.2 Å². The van der Waals surface area contributed by atoms with E-state index < -0.39 is 0 Å². The van der Waals surface area contributed by atoms with E-state index in [2.05, 4.69) is 28.7 Å². The lowest BCUT2D eigenvalue weighted by Crippen LogP contribution is -2.34. The Morgan fingerprint density at radius 1 is 1.00 bits per heavy atom. The van der Waals surface area contributed by atoms with E-state index in [0.717, 1.165) is 49.3 Å². The van der Waals surface area contributed by atoms with Crippen LogP contribution < -0.4 is 4.90 Å². The first-order valence-corrected chi connectivity index (χ1v) is 11.5. The van der Waals surface area contributed by atoms with Crippen molar-refractivity contribution in [1.29, 1.82) is 0 Å². The van der Waals surface area contributed by atoms with E-state index in [-0.39, 0.29) is 17.5 Å². The molecule has 0 amide bonds. The second-order valence-electron chi connectivity index (χ2n) is 9.35. The Morgan fingerprint density at radius 2 is 1.74 bits per heavy atom. The predicted octanol–water partition coefficient (Wildman–Crippen LogP) is 5.25. The smallest absolute Gasteiger partial charge is 0.181 e. The second-order valence-corrected chi connectivity index (χ2v) is 9.35. The highest BCUT2D eigenvalue weighted by Gasteiger charge is 2.21. The molecule has 5 heteroatoms. The number of hydrogen-bond donors (Lipinski definition) is 0. The lowest BCUT2D eigenvalue weighted by molar-refractivity contribution is -0.121. The van der Waals surface area contributed by atoms with Crippen LogP contribution in [0, 0.1) is 11.8 Å². The quantitative estimate of drug-likeness (QED) is 0.518. The summed E-state index contributed by atoms with van der Waals surface area (Å²) in [7, 11) is 0. The van der Waals surface area contributed by atoms with Gasteiger partial charge in [0.1, 0.15) is 17.3 Å². The lowest BCUT2D eigenvalue weighted by atomic mass is 9.91. The van der Waals surface area contributed by atoms with E-state index >= 15 is 0 Å². The molecule has 3 heterocycles. The summed E-state index contributed by atoms with van der Waals surface area (Å²) in [6.07, 6.45) is 7.74. The summed E-state index contributed by atoms with van der Waals surface area (Å²) in [5.41, 5.74) is 2.73. The predicted molar refractivity (Wildman–Crippen MR) is 125 cm³/mol. The number of Topliss-reactive ketones (excluding diaryl/α,β-unsaturated/α-hetero) is 2. The molecule has 0 radical (unpaired) electrons. The Balaban J connectivity index is 1.44. The fourth-order valence-corrected chi connectivity index (χ4v) is 3.94. The maximum atomic E-state index is 12.5. The normalized spacial score (nSPS) is 15.0. The Morgan fingerprint density at radius 3 is 2.29 bits per heavy atom. The first-order valence-electron chi connectivity index (χ1n) is 11.5. The summed E-state index contributed by atoms with van der Waals surface area (Å²) in [6, 6.07) is 7.93. The zero-order chi connectivity index (χ0) is 22.4. The van der Waals surface area contributed by atoms with Crippen molar-refractivity contribution in [2.45, 2.75) is 65.7 Å². The first-order chi connectivity index (χ1) is 14.8. The third kappa shape index (κ3) is 6.46. The number of pyridine rings is 2. The van der Waals surface area contributed by atoms with E-state index in [4.69, 9.17) is 0 Å². The molecule has 0 saturated carbocycles. The summed E-state index contributed by atoms with van der Waals surface area (Å²) in [5.74, 6) is 2.42. The van der Waals surface area contributed by atoms with Crippen LogP contribution in [0.25, 0.3) is 0 Å². The molecular formula is C26H35N3O2. The van der Waals surface area contributed by atoms with Crippen molar-refractivity contribution in [3.63, 3.8) is 0 Å². The summed E-state index contributed by atoms with van der Waals surface area (Å²) in [5, 5.41) is 0. The third-order valence-electron chi connectivity index (χ3n) is 6.29. The standard InChI is InChI=1S/C26H35N3O2/c1-18(2)22-7-8-23(27-17-22)24(30)9-5-20-11-13-29(14-12-20)26-10-6-21(16-28-26)15-25(31)19(3)4/h6-8,10,16-20H,5,9,11-15H2,1-4H3. The molecule has 0 spiro atoms. The van der Waals surface area contributed by atoms with E-state index in [1.165, 1.54) is 0 Å². The van der Waals surface area contributed by atoms with Crippen molar-refractivity contribution in [2.24, 2.45) is 11.8 Å². The van der Waals surface area contributed by atoms with Gasteiger partial charge in [-0.2, -0.15) is 0 Å². The molecule has 1 saturated heterocycles. The minimum atomic E-state index is 0.0563. The highest BCUT2D eigenvalue weighted by molar-refractivity contribution is 5.94. The molecule has 0 atom stereocenters. The van der Waals surface area contributed by atoms with Crippen molar-refractivity contribution in [3.05, 3.63) is 53.5 Å². The molecule has 0 bridgehead atoms. The van der Waals surface area contributed by atoms with Gasteiger partial charge in [0.2, 0.25) is 0 Å². The SMILES string of the molecule is CC(C)C(=O)Cc1ccc(N2CCC(CCC(=O)c3ccc(C(C)C)cn3)CC2)nc1. The highest BCUT2D eigenvalue weighted by Crippen LogP contribution is 2.26. The Bertz CT molecular complexity index is 865. The van der Waals surface area contributed by atoms with Crippen LogP contribution in [-0.2, 0) is 11.2 Å². The van der Waals surface area contributed by atoms with Gasteiger partial charge in [0.05, 0.1) is 0 Å².